The van der Waals surface area contributed by atoms with E-state index in [1.54, 1.807) is 32.0 Å². The molecule has 2 amide bonds. The zero-order chi connectivity index (χ0) is 13.8. The third kappa shape index (κ3) is 4.02. The van der Waals surface area contributed by atoms with Gasteiger partial charge in [-0.3, -0.25) is 9.59 Å². The van der Waals surface area contributed by atoms with Crippen LogP contribution in [0.4, 0.5) is 5.82 Å². The van der Waals surface area contributed by atoms with Crippen LogP contribution in [-0.2, 0) is 4.79 Å². The molecular formula is C11H17N5O2. The number of primary amides is 1. The lowest BCUT2D eigenvalue weighted by Gasteiger charge is -2.24. The highest BCUT2D eigenvalue weighted by molar-refractivity contribution is 5.93. The fourth-order valence-electron chi connectivity index (χ4n) is 1.49. The number of hydrogen-bond donors (Lipinski definition) is 4. The van der Waals surface area contributed by atoms with Gasteiger partial charge in [0.1, 0.15) is 11.5 Å². The number of anilines is 1. The minimum atomic E-state index is -0.725. The molecule has 7 heteroatoms. The van der Waals surface area contributed by atoms with Gasteiger partial charge in [-0.1, -0.05) is 6.07 Å². The van der Waals surface area contributed by atoms with Crippen molar-refractivity contribution in [3.63, 3.8) is 0 Å². The molecule has 0 aromatic carbocycles. The molecule has 7 nitrogen and oxygen atoms in total. The van der Waals surface area contributed by atoms with Gasteiger partial charge in [-0.15, -0.1) is 0 Å². The SMILES string of the molecule is CC(C)(CC(N)=O)NC(=O)c1cccc(NN)n1. The van der Waals surface area contributed by atoms with Gasteiger partial charge in [0.05, 0.1) is 0 Å². The Balaban J connectivity index is 2.78. The highest BCUT2D eigenvalue weighted by Gasteiger charge is 2.24. The average Bonchev–Trinajstić information content (AvgIpc) is 2.26. The first-order valence-corrected chi connectivity index (χ1v) is 5.38. The topological polar surface area (TPSA) is 123 Å². The fourth-order valence-corrected chi connectivity index (χ4v) is 1.49. The molecule has 0 aliphatic heterocycles. The van der Waals surface area contributed by atoms with Crippen LogP contribution in [0.15, 0.2) is 18.2 Å². The van der Waals surface area contributed by atoms with Crippen LogP contribution >= 0.6 is 0 Å². The third-order valence-corrected chi connectivity index (χ3v) is 2.20. The van der Waals surface area contributed by atoms with Crippen LogP contribution in [0.1, 0.15) is 30.8 Å². The van der Waals surface area contributed by atoms with E-state index in [-0.39, 0.29) is 12.1 Å². The van der Waals surface area contributed by atoms with Crippen LogP contribution in [0.2, 0.25) is 0 Å². The maximum Gasteiger partial charge on any atom is 0.270 e. The number of aromatic nitrogens is 1. The molecule has 0 saturated carbocycles. The molecule has 0 aliphatic rings. The van der Waals surface area contributed by atoms with Crippen molar-refractivity contribution < 1.29 is 9.59 Å². The molecule has 0 saturated heterocycles. The summed E-state index contributed by atoms with van der Waals surface area (Å²) in [5, 5.41) is 2.68. The molecule has 1 aromatic rings. The highest BCUT2D eigenvalue weighted by Crippen LogP contribution is 2.10. The van der Waals surface area contributed by atoms with E-state index >= 15 is 0 Å². The number of amides is 2. The molecule has 0 radical (unpaired) electrons. The molecule has 0 bridgehead atoms. The van der Waals surface area contributed by atoms with Gasteiger partial charge in [0.2, 0.25) is 5.91 Å². The van der Waals surface area contributed by atoms with Gasteiger partial charge < -0.3 is 16.5 Å². The van der Waals surface area contributed by atoms with E-state index in [1.165, 1.54) is 0 Å². The normalized spacial score (nSPS) is 10.8. The number of nitrogen functional groups attached to an aromatic ring is 1. The third-order valence-electron chi connectivity index (χ3n) is 2.20. The van der Waals surface area contributed by atoms with Crippen molar-refractivity contribution in [1.29, 1.82) is 0 Å². The Kier molecular flexibility index (Phi) is 4.22. The molecule has 0 unspecified atom stereocenters. The van der Waals surface area contributed by atoms with Crippen LogP contribution in [-0.4, -0.2) is 22.3 Å². The molecule has 1 rings (SSSR count). The van der Waals surface area contributed by atoms with E-state index in [0.717, 1.165) is 0 Å². The summed E-state index contributed by atoms with van der Waals surface area (Å²) >= 11 is 0. The molecule has 0 atom stereocenters. The average molecular weight is 251 g/mol. The molecule has 0 spiro atoms. The van der Waals surface area contributed by atoms with Gasteiger partial charge in [-0.2, -0.15) is 0 Å². The van der Waals surface area contributed by atoms with Crippen molar-refractivity contribution in [3.8, 4) is 0 Å². The lowest BCUT2D eigenvalue weighted by molar-refractivity contribution is -0.119. The standard InChI is InChI=1S/C11H17N5O2/c1-11(2,6-8(12)17)15-10(18)7-4-3-5-9(14-7)16-13/h3-5H,6,13H2,1-2H3,(H2,12,17)(H,14,16)(H,15,18). The molecule has 1 heterocycles. The van der Waals surface area contributed by atoms with Crippen molar-refractivity contribution in [2.45, 2.75) is 25.8 Å². The number of rotatable bonds is 5. The first kappa shape index (κ1) is 13.9. The van der Waals surface area contributed by atoms with E-state index in [1.807, 2.05) is 0 Å². The summed E-state index contributed by atoms with van der Waals surface area (Å²) in [7, 11) is 0. The Morgan fingerprint density at radius 2 is 2.06 bits per heavy atom. The minimum absolute atomic E-state index is 0.0492. The van der Waals surface area contributed by atoms with Gasteiger partial charge in [0.15, 0.2) is 0 Å². The smallest absolute Gasteiger partial charge is 0.270 e. The van der Waals surface area contributed by atoms with Crippen LogP contribution in [0.3, 0.4) is 0 Å². The van der Waals surface area contributed by atoms with E-state index in [4.69, 9.17) is 11.6 Å². The lowest BCUT2D eigenvalue weighted by Crippen LogP contribution is -2.46. The number of pyridine rings is 1. The Labute approximate surface area is 105 Å². The van der Waals surface area contributed by atoms with E-state index < -0.39 is 17.4 Å². The largest absolute Gasteiger partial charge is 0.370 e. The summed E-state index contributed by atoms with van der Waals surface area (Å²) in [6, 6.07) is 4.83. The van der Waals surface area contributed by atoms with Gasteiger partial charge in [-0.25, -0.2) is 10.8 Å². The number of nitrogens with zero attached hydrogens (tertiary/aromatic N) is 1. The molecule has 1 aromatic heterocycles. The van der Waals surface area contributed by atoms with E-state index in [0.29, 0.717) is 5.82 Å². The summed E-state index contributed by atoms with van der Waals surface area (Å²) < 4.78 is 0. The summed E-state index contributed by atoms with van der Waals surface area (Å²) in [6.07, 6.45) is 0.0492. The molecule has 6 N–H and O–H groups in total. The van der Waals surface area contributed by atoms with Crippen molar-refractivity contribution in [1.82, 2.24) is 10.3 Å². The van der Waals surface area contributed by atoms with E-state index in [9.17, 15) is 9.59 Å². The number of carbonyl (C=O) groups is 2. The van der Waals surface area contributed by atoms with Crippen LogP contribution in [0.5, 0.6) is 0 Å². The minimum Gasteiger partial charge on any atom is -0.370 e. The predicted octanol–water partition coefficient (Wildman–Crippen LogP) is -0.249. The molecule has 98 valence electrons. The fraction of sp³-hybridized carbons (Fsp3) is 0.364. The summed E-state index contributed by atoms with van der Waals surface area (Å²) in [6.45, 7) is 3.42. The lowest BCUT2D eigenvalue weighted by atomic mass is 10.00. The van der Waals surface area contributed by atoms with Crippen molar-refractivity contribution in [2.24, 2.45) is 11.6 Å². The van der Waals surface area contributed by atoms with E-state index in [2.05, 4.69) is 15.7 Å². The zero-order valence-electron chi connectivity index (χ0n) is 10.4. The number of hydrazine groups is 1. The molecular weight excluding hydrogens is 234 g/mol. The Morgan fingerprint density at radius 1 is 1.39 bits per heavy atom. The maximum absolute atomic E-state index is 11.9. The molecule has 18 heavy (non-hydrogen) atoms. The zero-order valence-corrected chi connectivity index (χ0v) is 10.4. The Morgan fingerprint density at radius 3 is 2.61 bits per heavy atom. The number of nitrogens with two attached hydrogens (primary N) is 2. The highest BCUT2D eigenvalue weighted by atomic mass is 16.2. The van der Waals surface area contributed by atoms with Crippen LogP contribution in [0, 0.1) is 0 Å². The van der Waals surface area contributed by atoms with Crippen LogP contribution < -0.4 is 22.3 Å². The number of carbonyl (C=O) groups excluding carboxylic acids is 2. The quantitative estimate of drug-likeness (QED) is 0.424. The summed E-state index contributed by atoms with van der Waals surface area (Å²) in [4.78, 5) is 26.8. The molecule has 0 fully saturated rings. The summed E-state index contributed by atoms with van der Waals surface area (Å²) in [5.74, 6) is 4.72. The van der Waals surface area contributed by atoms with Gasteiger partial charge in [0.25, 0.3) is 5.91 Å². The Hall–Kier alpha value is -2.15. The van der Waals surface area contributed by atoms with Gasteiger partial charge >= 0.3 is 0 Å². The second-order valence-electron chi connectivity index (χ2n) is 4.53. The first-order chi connectivity index (χ1) is 8.34. The van der Waals surface area contributed by atoms with Crippen molar-refractivity contribution in [3.05, 3.63) is 23.9 Å². The second-order valence-corrected chi connectivity index (χ2v) is 4.53. The second kappa shape index (κ2) is 5.46. The monoisotopic (exact) mass is 251 g/mol. The van der Waals surface area contributed by atoms with Crippen LogP contribution in [0.25, 0.3) is 0 Å². The maximum atomic E-state index is 11.9. The first-order valence-electron chi connectivity index (χ1n) is 5.38. The number of nitrogens with one attached hydrogen (secondary N) is 2. The Bertz CT molecular complexity index is 459. The number of hydrogen-bond acceptors (Lipinski definition) is 5. The van der Waals surface area contributed by atoms with Crippen molar-refractivity contribution >= 4 is 17.6 Å². The van der Waals surface area contributed by atoms with Crippen molar-refractivity contribution in [2.75, 3.05) is 5.43 Å². The predicted molar refractivity (Wildman–Crippen MR) is 67.4 cm³/mol. The summed E-state index contributed by atoms with van der Waals surface area (Å²) in [5.41, 5.74) is 6.94. The molecule has 0 aliphatic carbocycles. The van der Waals surface area contributed by atoms with Gasteiger partial charge in [0, 0.05) is 12.0 Å². The van der Waals surface area contributed by atoms with Gasteiger partial charge in [-0.05, 0) is 26.0 Å².